The normalized spacial score (nSPS) is 12.9. The lowest BCUT2D eigenvalue weighted by Gasteiger charge is -2.24. The number of alkyl carbamates (subject to hydrolysis) is 1. The first-order chi connectivity index (χ1) is 9.64. The molecule has 7 nitrogen and oxygen atoms in total. The first-order valence-corrected chi connectivity index (χ1v) is 7.48. The van der Waals surface area contributed by atoms with Crippen molar-refractivity contribution in [2.45, 2.75) is 46.3 Å². The fraction of sp³-hybridized carbons (Fsp3) is 0.615. The fourth-order valence-electron chi connectivity index (χ4n) is 1.56. The molecule has 0 saturated carbocycles. The second-order valence-electron chi connectivity index (χ2n) is 5.91. The maximum absolute atomic E-state index is 11.9. The van der Waals surface area contributed by atoms with Gasteiger partial charge in [0, 0.05) is 5.38 Å². The van der Waals surface area contributed by atoms with E-state index in [1.54, 1.807) is 26.2 Å². The van der Waals surface area contributed by atoms with Gasteiger partial charge in [-0.2, -0.15) is 0 Å². The number of hydrogen-bond donors (Lipinski definition) is 3. The van der Waals surface area contributed by atoms with Crippen LogP contribution in [-0.2, 0) is 4.74 Å². The van der Waals surface area contributed by atoms with E-state index in [1.807, 2.05) is 19.3 Å². The molecule has 0 aliphatic rings. The third-order valence-electron chi connectivity index (χ3n) is 2.49. The average Bonchev–Trinajstić information content (AvgIpc) is 2.81. The summed E-state index contributed by atoms with van der Waals surface area (Å²) in [7, 11) is 0. The predicted octanol–water partition coefficient (Wildman–Crippen LogP) is 1.97. The van der Waals surface area contributed by atoms with Crippen LogP contribution in [-0.4, -0.2) is 22.6 Å². The molecule has 1 aromatic heterocycles. The number of ether oxygens (including phenoxy) is 1. The second-order valence-corrected chi connectivity index (χ2v) is 6.80. The Hall–Kier alpha value is -1.67. The molecule has 1 rings (SSSR count). The molecule has 0 aliphatic carbocycles. The van der Waals surface area contributed by atoms with Crippen LogP contribution in [0.25, 0.3) is 0 Å². The van der Waals surface area contributed by atoms with Crippen LogP contribution in [0.15, 0.2) is 5.38 Å². The van der Waals surface area contributed by atoms with Gasteiger partial charge in [0.1, 0.15) is 16.3 Å². The molecule has 21 heavy (non-hydrogen) atoms. The molecule has 8 heteroatoms. The van der Waals surface area contributed by atoms with Crippen LogP contribution < -0.4 is 16.6 Å². The van der Waals surface area contributed by atoms with Crippen LogP contribution in [0, 0.1) is 5.92 Å². The Balaban J connectivity index is 2.85. The maximum Gasteiger partial charge on any atom is 0.408 e. The zero-order chi connectivity index (χ0) is 16.2. The summed E-state index contributed by atoms with van der Waals surface area (Å²) in [5.74, 6) is 4.71. The van der Waals surface area contributed by atoms with Gasteiger partial charge in [-0.1, -0.05) is 13.8 Å². The molecule has 0 radical (unpaired) electrons. The van der Waals surface area contributed by atoms with Gasteiger partial charge in [0.15, 0.2) is 0 Å². The van der Waals surface area contributed by atoms with Gasteiger partial charge in [-0.15, -0.1) is 11.3 Å². The number of nitrogens with zero attached hydrogens (tertiary/aromatic N) is 1. The van der Waals surface area contributed by atoms with Gasteiger partial charge in [0.05, 0.1) is 6.04 Å². The number of hydrazine groups is 1. The quantitative estimate of drug-likeness (QED) is 0.447. The zero-order valence-corrected chi connectivity index (χ0v) is 13.7. The van der Waals surface area contributed by atoms with E-state index in [4.69, 9.17) is 10.6 Å². The van der Waals surface area contributed by atoms with Crippen LogP contribution in [0.4, 0.5) is 4.79 Å². The number of aromatic nitrogens is 1. The van der Waals surface area contributed by atoms with E-state index in [9.17, 15) is 9.59 Å². The highest BCUT2D eigenvalue weighted by molar-refractivity contribution is 7.09. The molecule has 118 valence electrons. The number of nitrogens with two attached hydrogens (primary N) is 1. The number of nitrogen functional groups attached to an aromatic ring is 1. The van der Waals surface area contributed by atoms with E-state index in [2.05, 4.69) is 10.3 Å². The molecule has 4 N–H and O–H groups in total. The number of carbonyl (C=O) groups excluding carboxylic acids is 2. The number of rotatable bonds is 4. The van der Waals surface area contributed by atoms with Gasteiger partial charge in [-0.05, 0) is 26.7 Å². The first-order valence-electron chi connectivity index (χ1n) is 6.60. The summed E-state index contributed by atoms with van der Waals surface area (Å²) in [6.45, 7) is 9.29. The Morgan fingerprint density at radius 2 is 2.00 bits per heavy atom. The predicted molar refractivity (Wildman–Crippen MR) is 80.7 cm³/mol. The van der Waals surface area contributed by atoms with E-state index in [0.717, 1.165) is 0 Å². The van der Waals surface area contributed by atoms with Crippen LogP contribution in [0.5, 0.6) is 0 Å². The van der Waals surface area contributed by atoms with Crippen LogP contribution in [0.2, 0.25) is 0 Å². The van der Waals surface area contributed by atoms with Crippen LogP contribution in [0.1, 0.15) is 56.2 Å². The summed E-state index contributed by atoms with van der Waals surface area (Å²) < 4.78 is 5.24. The standard InChI is InChI=1S/C13H22N4O3S/c1-7(2)9(16-12(19)20-13(3,4)5)11-15-8(6-21-11)10(18)17-14/h6-7,9H,14H2,1-5H3,(H,16,19)(H,17,18). The molecule has 0 aromatic carbocycles. The van der Waals surface area contributed by atoms with Crippen molar-refractivity contribution >= 4 is 23.3 Å². The summed E-state index contributed by atoms with van der Waals surface area (Å²) >= 11 is 1.29. The minimum atomic E-state index is -0.570. The number of nitrogens with one attached hydrogen (secondary N) is 2. The summed E-state index contributed by atoms with van der Waals surface area (Å²) in [4.78, 5) is 27.5. The summed E-state index contributed by atoms with van der Waals surface area (Å²) in [6, 6.07) is -0.329. The van der Waals surface area contributed by atoms with E-state index in [-0.39, 0.29) is 17.7 Å². The molecule has 1 unspecified atom stereocenters. The largest absolute Gasteiger partial charge is 0.444 e. The van der Waals surface area contributed by atoms with Gasteiger partial charge in [-0.25, -0.2) is 15.6 Å². The van der Waals surface area contributed by atoms with Gasteiger partial charge >= 0.3 is 6.09 Å². The zero-order valence-electron chi connectivity index (χ0n) is 12.9. The number of thiazole rings is 1. The van der Waals surface area contributed by atoms with Crippen molar-refractivity contribution in [2.75, 3.05) is 0 Å². The molecule has 0 spiro atoms. The van der Waals surface area contributed by atoms with Crippen molar-refractivity contribution < 1.29 is 14.3 Å². The Morgan fingerprint density at radius 1 is 1.38 bits per heavy atom. The number of amides is 2. The molecule has 0 aliphatic heterocycles. The highest BCUT2D eigenvalue weighted by Crippen LogP contribution is 2.25. The van der Waals surface area contributed by atoms with Crippen molar-refractivity contribution in [1.29, 1.82) is 0 Å². The molecular weight excluding hydrogens is 292 g/mol. The minimum absolute atomic E-state index is 0.0949. The van der Waals surface area contributed by atoms with E-state index in [1.165, 1.54) is 11.3 Å². The molecule has 1 atom stereocenters. The first kappa shape index (κ1) is 17.4. The molecule has 0 bridgehead atoms. The van der Waals surface area contributed by atoms with E-state index >= 15 is 0 Å². The minimum Gasteiger partial charge on any atom is -0.444 e. The van der Waals surface area contributed by atoms with E-state index < -0.39 is 17.6 Å². The molecule has 0 saturated heterocycles. The lowest BCUT2D eigenvalue weighted by molar-refractivity contribution is 0.0489. The Labute approximate surface area is 128 Å². The van der Waals surface area contributed by atoms with Crippen LogP contribution >= 0.6 is 11.3 Å². The number of carbonyl (C=O) groups is 2. The van der Waals surface area contributed by atoms with Crippen molar-refractivity contribution in [1.82, 2.24) is 15.7 Å². The smallest absolute Gasteiger partial charge is 0.408 e. The molecule has 0 fully saturated rings. The third-order valence-corrected chi connectivity index (χ3v) is 3.42. The summed E-state index contributed by atoms with van der Waals surface area (Å²) in [5.41, 5.74) is 1.69. The lowest BCUT2D eigenvalue weighted by atomic mass is 10.1. The third kappa shape index (κ3) is 5.31. The highest BCUT2D eigenvalue weighted by atomic mass is 32.1. The SMILES string of the molecule is CC(C)C(NC(=O)OC(C)(C)C)c1nc(C(=O)NN)cs1. The molecule has 2 amide bonds. The van der Waals surface area contributed by atoms with Gasteiger partial charge < -0.3 is 10.1 Å². The molecule has 1 heterocycles. The van der Waals surface area contributed by atoms with Crippen molar-refractivity contribution in [3.8, 4) is 0 Å². The second kappa shape index (κ2) is 6.86. The summed E-state index contributed by atoms with van der Waals surface area (Å²) in [5, 5.41) is 5.02. The average molecular weight is 314 g/mol. The Kier molecular flexibility index (Phi) is 5.68. The van der Waals surface area contributed by atoms with E-state index in [0.29, 0.717) is 5.01 Å². The highest BCUT2D eigenvalue weighted by Gasteiger charge is 2.25. The Bertz CT molecular complexity index is 508. The summed E-state index contributed by atoms with van der Waals surface area (Å²) in [6.07, 6.45) is -0.513. The lowest BCUT2D eigenvalue weighted by Crippen LogP contribution is -2.37. The Morgan fingerprint density at radius 3 is 2.48 bits per heavy atom. The van der Waals surface area contributed by atoms with Gasteiger partial charge in [0.2, 0.25) is 0 Å². The van der Waals surface area contributed by atoms with Crippen LogP contribution in [0.3, 0.4) is 0 Å². The maximum atomic E-state index is 11.9. The van der Waals surface area contributed by atoms with Gasteiger partial charge in [0.25, 0.3) is 5.91 Å². The number of hydrogen-bond acceptors (Lipinski definition) is 6. The molecule has 1 aromatic rings. The fourth-order valence-corrected chi connectivity index (χ4v) is 2.58. The molecular formula is C13H22N4O3S. The van der Waals surface area contributed by atoms with Crippen molar-refractivity contribution in [2.24, 2.45) is 11.8 Å². The van der Waals surface area contributed by atoms with Gasteiger partial charge in [-0.3, -0.25) is 10.2 Å². The topological polar surface area (TPSA) is 106 Å². The monoisotopic (exact) mass is 314 g/mol. The van der Waals surface area contributed by atoms with Crippen molar-refractivity contribution in [3.05, 3.63) is 16.1 Å². The van der Waals surface area contributed by atoms with Crippen molar-refractivity contribution in [3.63, 3.8) is 0 Å².